The fourth-order valence-corrected chi connectivity index (χ4v) is 1.99. The molecule has 15 heavy (non-hydrogen) atoms. The van der Waals surface area contributed by atoms with Gasteiger partial charge in [0.25, 0.3) is 0 Å². The normalized spacial score (nSPS) is 21.3. The van der Waals surface area contributed by atoms with Crippen LogP contribution < -0.4 is 0 Å². The van der Waals surface area contributed by atoms with Crippen molar-refractivity contribution in [3.63, 3.8) is 0 Å². The van der Waals surface area contributed by atoms with Gasteiger partial charge in [0.05, 0.1) is 6.10 Å². The Hall–Kier alpha value is -1.08. The molecule has 0 N–H and O–H groups in total. The Morgan fingerprint density at radius 2 is 2.00 bits per heavy atom. The van der Waals surface area contributed by atoms with E-state index in [1.807, 2.05) is 6.92 Å². The van der Waals surface area contributed by atoms with Crippen molar-refractivity contribution >= 4 is 5.57 Å². The molecule has 80 valence electrons. The first-order chi connectivity index (χ1) is 7.27. The van der Waals surface area contributed by atoms with Crippen LogP contribution in [0.3, 0.4) is 0 Å². The van der Waals surface area contributed by atoms with Crippen molar-refractivity contribution in [1.29, 1.82) is 0 Å². The van der Waals surface area contributed by atoms with E-state index in [-0.39, 0.29) is 0 Å². The van der Waals surface area contributed by atoms with Crippen molar-refractivity contribution in [2.45, 2.75) is 32.3 Å². The highest BCUT2D eigenvalue weighted by Gasteiger charge is 2.15. The smallest absolute Gasteiger partial charge is 0.0824 e. The van der Waals surface area contributed by atoms with Crippen LogP contribution in [-0.4, -0.2) is 6.61 Å². The maximum absolute atomic E-state index is 5.74. The van der Waals surface area contributed by atoms with E-state index in [1.54, 1.807) is 0 Å². The molecule has 1 unspecified atom stereocenters. The second-order valence-electron chi connectivity index (χ2n) is 4.26. The SMILES string of the molecule is C=C(C)c1ccc(C2CCCCO2)cc1. The Kier molecular flexibility index (Phi) is 3.22. The van der Waals surface area contributed by atoms with Crippen molar-refractivity contribution in [2.24, 2.45) is 0 Å². The van der Waals surface area contributed by atoms with Crippen molar-refractivity contribution < 1.29 is 4.74 Å². The van der Waals surface area contributed by atoms with Gasteiger partial charge in [0, 0.05) is 6.61 Å². The lowest BCUT2D eigenvalue weighted by Gasteiger charge is -2.23. The highest BCUT2D eigenvalue weighted by molar-refractivity contribution is 5.61. The number of ether oxygens (including phenoxy) is 1. The van der Waals surface area contributed by atoms with E-state index in [0.29, 0.717) is 6.10 Å². The van der Waals surface area contributed by atoms with E-state index in [4.69, 9.17) is 4.74 Å². The Labute approximate surface area is 91.8 Å². The minimum Gasteiger partial charge on any atom is -0.374 e. The molecule has 0 bridgehead atoms. The van der Waals surface area contributed by atoms with Crippen LogP contribution in [0.25, 0.3) is 5.57 Å². The molecule has 0 saturated carbocycles. The van der Waals surface area contributed by atoms with Gasteiger partial charge in [0.15, 0.2) is 0 Å². The molecule has 0 amide bonds. The molecule has 1 heteroatoms. The van der Waals surface area contributed by atoms with Gasteiger partial charge < -0.3 is 4.74 Å². The molecule has 1 atom stereocenters. The summed E-state index contributed by atoms with van der Waals surface area (Å²) in [6, 6.07) is 8.60. The van der Waals surface area contributed by atoms with Crippen molar-refractivity contribution in [3.05, 3.63) is 42.0 Å². The zero-order chi connectivity index (χ0) is 10.7. The average molecular weight is 202 g/mol. The number of benzene rings is 1. The van der Waals surface area contributed by atoms with Gasteiger partial charge in [0.2, 0.25) is 0 Å². The zero-order valence-corrected chi connectivity index (χ0v) is 9.33. The molecule has 1 aliphatic rings. The second-order valence-corrected chi connectivity index (χ2v) is 4.26. The van der Waals surface area contributed by atoms with E-state index >= 15 is 0 Å². The summed E-state index contributed by atoms with van der Waals surface area (Å²) in [5, 5.41) is 0. The number of allylic oxidation sites excluding steroid dienone is 1. The third-order valence-electron chi connectivity index (χ3n) is 2.95. The van der Waals surface area contributed by atoms with Crippen LogP contribution in [0.2, 0.25) is 0 Å². The molecule has 0 aromatic heterocycles. The number of hydrogen-bond acceptors (Lipinski definition) is 1. The van der Waals surface area contributed by atoms with Crippen LogP contribution in [0.4, 0.5) is 0 Å². The Morgan fingerprint density at radius 1 is 1.27 bits per heavy atom. The van der Waals surface area contributed by atoms with E-state index in [9.17, 15) is 0 Å². The van der Waals surface area contributed by atoms with Gasteiger partial charge in [-0.3, -0.25) is 0 Å². The van der Waals surface area contributed by atoms with Gasteiger partial charge in [-0.05, 0) is 37.3 Å². The minimum atomic E-state index is 0.318. The van der Waals surface area contributed by atoms with Crippen molar-refractivity contribution in [3.8, 4) is 0 Å². The van der Waals surface area contributed by atoms with Gasteiger partial charge in [-0.1, -0.05) is 36.4 Å². The van der Waals surface area contributed by atoms with Gasteiger partial charge in [-0.2, -0.15) is 0 Å². The summed E-state index contributed by atoms with van der Waals surface area (Å²) in [6.07, 6.45) is 3.97. The average Bonchev–Trinajstić information content (AvgIpc) is 2.30. The Morgan fingerprint density at radius 3 is 2.53 bits per heavy atom. The van der Waals surface area contributed by atoms with E-state index in [0.717, 1.165) is 18.6 Å². The lowest BCUT2D eigenvalue weighted by Crippen LogP contribution is -2.11. The van der Waals surface area contributed by atoms with Crippen molar-refractivity contribution in [1.82, 2.24) is 0 Å². The maximum Gasteiger partial charge on any atom is 0.0824 e. The molecular formula is C14H18O. The van der Waals surface area contributed by atoms with Gasteiger partial charge >= 0.3 is 0 Å². The van der Waals surface area contributed by atoms with Crippen LogP contribution in [0.5, 0.6) is 0 Å². The molecule has 1 aliphatic heterocycles. The Balaban J connectivity index is 2.11. The van der Waals surface area contributed by atoms with Crippen LogP contribution in [0.1, 0.15) is 43.4 Å². The summed E-state index contributed by atoms with van der Waals surface area (Å²) in [4.78, 5) is 0. The molecule has 0 aliphatic carbocycles. The first-order valence-electron chi connectivity index (χ1n) is 5.65. The number of rotatable bonds is 2. The minimum absolute atomic E-state index is 0.318. The predicted octanol–water partition coefficient (Wildman–Crippen LogP) is 3.96. The third kappa shape index (κ3) is 2.48. The standard InChI is InChI=1S/C14H18O/c1-11(2)12-6-8-13(9-7-12)14-5-3-4-10-15-14/h6-9,14H,1,3-5,10H2,2H3. The lowest BCUT2D eigenvalue weighted by molar-refractivity contribution is 0.0149. The topological polar surface area (TPSA) is 9.23 Å². The van der Waals surface area contributed by atoms with Crippen LogP contribution >= 0.6 is 0 Å². The zero-order valence-electron chi connectivity index (χ0n) is 9.33. The van der Waals surface area contributed by atoms with Crippen LogP contribution in [-0.2, 0) is 4.74 Å². The van der Waals surface area contributed by atoms with Crippen molar-refractivity contribution in [2.75, 3.05) is 6.61 Å². The highest BCUT2D eigenvalue weighted by atomic mass is 16.5. The molecule has 0 radical (unpaired) electrons. The summed E-state index contributed by atoms with van der Waals surface area (Å²) in [6.45, 7) is 6.88. The third-order valence-corrected chi connectivity index (χ3v) is 2.95. The molecule has 2 rings (SSSR count). The first kappa shape index (κ1) is 10.4. The molecule has 1 aromatic carbocycles. The summed E-state index contributed by atoms with van der Waals surface area (Å²) in [5.41, 5.74) is 3.64. The molecule has 1 heterocycles. The molecule has 1 saturated heterocycles. The monoisotopic (exact) mass is 202 g/mol. The summed E-state index contributed by atoms with van der Waals surface area (Å²) < 4.78 is 5.74. The summed E-state index contributed by atoms with van der Waals surface area (Å²) in [7, 11) is 0. The molecule has 1 nitrogen and oxygen atoms in total. The summed E-state index contributed by atoms with van der Waals surface area (Å²) in [5.74, 6) is 0. The lowest BCUT2D eigenvalue weighted by atomic mass is 9.99. The molecule has 0 spiro atoms. The van der Waals surface area contributed by atoms with E-state index < -0.39 is 0 Å². The van der Waals surface area contributed by atoms with Gasteiger partial charge in [0.1, 0.15) is 0 Å². The molecule has 1 fully saturated rings. The quantitative estimate of drug-likeness (QED) is 0.705. The van der Waals surface area contributed by atoms with Gasteiger partial charge in [-0.25, -0.2) is 0 Å². The molecule has 1 aromatic rings. The maximum atomic E-state index is 5.74. The van der Waals surface area contributed by atoms with Crippen LogP contribution in [0, 0.1) is 0 Å². The van der Waals surface area contributed by atoms with Gasteiger partial charge in [-0.15, -0.1) is 0 Å². The fraction of sp³-hybridized carbons (Fsp3) is 0.429. The molecular weight excluding hydrogens is 184 g/mol. The number of hydrogen-bond donors (Lipinski definition) is 0. The fourth-order valence-electron chi connectivity index (χ4n) is 1.99. The Bertz CT molecular complexity index is 331. The highest BCUT2D eigenvalue weighted by Crippen LogP contribution is 2.28. The van der Waals surface area contributed by atoms with Crippen LogP contribution in [0.15, 0.2) is 30.8 Å². The second kappa shape index (κ2) is 4.63. The largest absolute Gasteiger partial charge is 0.374 e. The van der Waals surface area contributed by atoms with E-state index in [1.165, 1.54) is 24.0 Å². The summed E-state index contributed by atoms with van der Waals surface area (Å²) >= 11 is 0. The first-order valence-corrected chi connectivity index (χ1v) is 5.65. The van der Waals surface area contributed by atoms with E-state index in [2.05, 4.69) is 30.8 Å². The predicted molar refractivity (Wildman–Crippen MR) is 63.7 cm³/mol.